The zero-order chi connectivity index (χ0) is 9.97. The van der Waals surface area contributed by atoms with Crippen molar-refractivity contribution in [1.82, 2.24) is 9.80 Å². The summed E-state index contributed by atoms with van der Waals surface area (Å²) in [4.78, 5) is 5.24. The summed E-state index contributed by atoms with van der Waals surface area (Å²) in [7, 11) is 2.25. The number of hydrogen-bond donors (Lipinski definition) is 0. The molecule has 0 radical (unpaired) electrons. The lowest BCUT2D eigenvalue weighted by Gasteiger charge is -2.43. The number of nitrogens with zero attached hydrogens (tertiary/aromatic N) is 2. The van der Waals surface area contributed by atoms with Crippen LogP contribution in [-0.4, -0.2) is 48.6 Å². The van der Waals surface area contributed by atoms with E-state index in [1.54, 1.807) is 0 Å². The highest BCUT2D eigenvalue weighted by Gasteiger charge is 2.27. The van der Waals surface area contributed by atoms with Crippen molar-refractivity contribution in [2.75, 3.05) is 26.7 Å². The van der Waals surface area contributed by atoms with E-state index in [1.165, 1.54) is 51.7 Å². The van der Waals surface area contributed by atoms with Gasteiger partial charge in [0.05, 0.1) is 0 Å². The van der Waals surface area contributed by atoms with Gasteiger partial charge in [-0.15, -0.1) is 0 Å². The van der Waals surface area contributed by atoms with Crippen LogP contribution >= 0.6 is 0 Å². The van der Waals surface area contributed by atoms with Gasteiger partial charge in [0.15, 0.2) is 0 Å². The largest absolute Gasteiger partial charge is 0.306 e. The third-order valence-corrected chi connectivity index (χ3v) is 4.01. The minimum absolute atomic E-state index is 0.845. The Labute approximate surface area is 88.3 Å². The van der Waals surface area contributed by atoms with Crippen molar-refractivity contribution in [2.45, 2.75) is 51.1 Å². The monoisotopic (exact) mass is 196 g/mol. The molecule has 0 amide bonds. The SMILES string of the molecule is CC1CCCCN1C1CCN(C)CC1. The van der Waals surface area contributed by atoms with Gasteiger partial charge in [0.25, 0.3) is 0 Å². The van der Waals surface area contributed by atoms with E-state index in [4.69, 9.17) is 0 Å². The highest BCUT2D eigenvalue weighted by atomic mass is 15.2. The smallest absolute Gasteiger partial charge is 0.0122 e. The Kier molecular flexibility index (Phi) is 3.45. The molecule has 0 N–H and O–H groups in total. The van der Waals surface area contributed by atoms with Gasteiger partial charge in [-0.05, 0) is 59.3 Å². The van der Waals surface area contributed by atoms with Crippen LogP contribution in [0.4, 0.5) is 0 Å². The maximum absolute atomic E-state index is 2.77. The van der Waals surface area contributed by atoms with E-state index < -0.39 is 0 Å². The molecule has 82 valence electrons. The Morgan fingerprint density at radius 1 is 0.929 bits per heavy atom. The predicted octanol–water partition coefficient (Wildman–Crippen LogP) is 1.95. The van der Waals surface area contributed by atoms with E-state index in [0.29, 0.717) is 0 Å². The number of likely N-dealkylation sites (tertiary alicyclic amines) is 2. The summed E-state index contributed by atoms with van der Waals surface area (Å²) in [6, 6.07) is 1.73. The molecule has 0 saturated carbocycles. The van der Waals surface area contributed by atoms with E-state index >= 15 is 0 Å². The van der Waals surface area contributed by atoms with E-state index in [2.05, 4.69) is 23.8 Å². The summed E-state index contributed by atoms with van der Waals surface area (Å²) < 4.78 is 0. The highest BCUT2D eigenvalue weighted by molar-refractivity contribution is 4.84. The van der Waals surface area contributed by atoms with Crippen molar-refractivity contribution in [3.63, 3.8) is 0 Å². The van der Waals surface area contributed by atoms with Gasteiger partial charge in [-0.1, -0.05) is 6.42 Å². The molecule has 0 aliphatic carbocycles. The van der Waals surface area contributed by atoms with Gasteiger partial charge in [0.1, 0.15) is 0 Å². The summed E-state index contributed by atoms with van der Waals surface area (Å²) in [5.41, 5.74) is 0. The lowest BCUT2D eigenvalue weighted by Crippen LogP contribution is -2.49. The minimum atomic E-state index is 0.845. The van der Waals surface area contributed by atoms with Crippen LogP contribution in [0.5, 0.6) is 0 Å². The zero-order valence-electron chi connectivity index (χ0n) is 9.71. The number of rotatable bonds is 1. The van der Waals surface area contributed by atoms with E-state index in [-0.39, 0.29) is 0 Å². The van der Waals surface area contributed by atoms with E-state index in [9.17, 15) is 0 Å². The fourth-order valence-electron chi connectivity index (χ4n) is 2.99. The Balaban J connectivity index is 1.87. The summed E-state index contributed by atoms with van der Waals surface area (Å²) in [6.45, 7) is 6.37. The fraction of sp³-hybridized carbons (Fsp3) is 1.00. The standard InChI is InChI=1S/C12H24N2/c1-11-5-3-4-8-14(11)12-6-9-13(2)10-7-12/h11-12H,3-10H2,1-2H3. The molecule has 0 aromatic heterocycles. The first-order valence-corrected chi connectivity index (χ1v) is 6.21. The lowest BCUT2D eigenvalue weighted by atomic mass is 9.96. The fourth-order valence-corrected chi connectivity index (χ4v) is 2.99. The third-order valence-electron chi connectivity index (χ3n) is 4.01. The Hall–Kier alpha value is -0.0800. The van der Waals surface area contributed by atoms with Gasteiger partial charge in [-0.2, -0.15) is 0 Å². The van der Waals surface area contributed by atoms with Crippen LogP contribution in [0.15, 0.2) is 0 Å². The van der Waals surface area contributed by atoms with Crippen LogP contribution in [-0.2, 0) is 0 Å². The van der Waals surface area contributed by atoms with Crippen molar-refractivity contribution in [3.05, 3.63) is 0 Å². The number of piperidine rings is 2. The van der Waals surface area contributed by atoms with Crippen LogP contribution < -0.4 is 0 Å². The molecule has 0 spiro atoms. The molecule has 14 heavy (non-hydrogen) atoms. The molecule has 1 atom stereocenters. The van der Waals surface area contributed by atoms with E-state index in [0.717, 1.165) is 12.1 Å². The first-order chi connectivity index (χ1) is 6.77. The summed E-state index contributed by atoms with van der Waals surface area (Å²) in [5.74, 6) is 0. The van der Waals surface area contributed by atoms with Crippen molar-refractivity contribution in [3.8, 4) is 0 Å². The molecule has 2 aliphatic heterocycles. The van der Waals surface area contributed by atoms with Crippen LogP contribution in [0.2, 0.25) is 0 Å². The van der Waals surface area contributed by atoms with Crippen LogP contribution in [0.1, 0.15) is 39.0 Å². The molecule has 2 aliphatic rings. The second kappa shape index (κ2) is 4.63. The van der Waals surface area contributed by atoms with Gasteiger partial charge in [-0.3, -0.25) is 4.90 Å². The van der Waals surface area contributed by atoms with Crippen LogP contribution in [0.25, 0.3) is 0 Å². The summed E-state index contributed by atoms with van der Waals surface area (Å²) in [5, 5.41) is 0. The van der Waals surface area contributed by atoms with Crippen molar-refractivity contribution < 1.29 is 0 Å². The molecule has 2 nitrogen and oxygen atoms in total. The Bertz CT molecular complexity index is 173. The zero-order valence-corrected chi connectivity index (χ0v) is 9.71. The van der Waals surface area contributed by atoms with Gasteiger partial charge in [-0.25, -0.2) is 0 Å². The summed E-state index contributed by atoms with van der Waals surface area (Å²) >= 11 is 0. The van der Waals surface area contributed by atoms with E-state index in [1.807, 2.05) is 0 Å². The van der Waals surface area contributed by atoms with Gasteiger partial charge in [0.2, 0.25) is 0 Å². The Morgan fingerprint density at radius 3 is 2.29 bits per heavy atom. The second-order valence-electron chi connectivity index (χ2n) is 5.12. The van der Waals surface area contributed by atoms with Gasteiger partial charge in [0, 0.05) is 12.1 Å². The molecule has 2 heterocycles. The molecule has 1 unspecified atom stereocenters. The lowest BCUT2D eigenvalue weighted by molar-refractivity contribution is 0.0640. The highest BCUT2D eigenvalue weighted by Crippen LogP contribution is 2.24. The normalized spacial score (nSPS) is 33.4. The molecule has 2 heteroatoms. The maximum atomic E-state index is 2.77. The third kappa shape index (κ3) is 2.29. The first-order valence-electron chi connectivity index (χ1n) is 6.21. The molecule has 2 saturated heterocycles. The van der Waals surface area contributed by atoms with Crippen LogP contribution in [0.3, 0.4) is 0 Å². The molecule has 0 aromatic carbocycles. The van der Waals surface area contributed by atoms with Crippen molar-refractivity contribution in [1.29, 1.82) is 0 Å². The molecule has 2 fully saturated rings. The molecular formula is C12H24N2. The van der Waals surface area contributed by atoms with Crippen molar-refractivity contribution in [2.24, 2.45) is 0 Å². The molecular weight excluding hydrogens is 172 g/mol. The summed E-state index contributed by atoms with van der Waals surface area (Å²) in [6.07, 6.45) is 7.08. The van der Waals surface area contributed by atoms with Crippen molar-refractivity contribution >= 4 is 0 Å². The van der Waals surface area contributed by atoms with Gasteiger partial charge >= 0.3 is 0 Å². The maximum Gasteiger partial charge on any atom is 0.0122 e. The van der Waals surface area contributed by atoms with Crippen LogP contribution in [0, 0.1) is 0 Å². The average Bonchev–Trinajstić information content (AvgIpc) is 2.20. The molecule has 2 rings (SSSR count). The topological polar surface area (TPSA) is 6.48 Å². The predicted molar refractivity (Wildman–Crippen MR) is 60.5 cm³/mol. The average molecular weight is 196 g/mol. The first kappa shape index (κ1) is 10.4. The molecule has 0 bridgehead atoms. The number of hydrogen-bond acceptors (Lipinski definition) is 2. The quantitative estimate of drug-likeness (QED) is 0.632. The minimum Gasteiger partial charge on any atom is -0.306 e. The molecule has 0 aromatic rings. The van der Waals surface area contributed by atoms with Gasteiger partial charge < -0.3 is 4.90 Å². The second-order valence-corrected chi connectivity index (χ2v) is 5.12. The Morgan fingerprint density at radius 2 is 1.64 bits per heavy atom.